The second kappa shape index (κ2) is 9.78. The molecule has 1 heterocycles. The van der Waals surface area contributed by atoms with Gasteiger partial charge in [-0.2, -0.15) is 0 Å². The molecule has 0 bridgehead atoms. The number of ether oxygens (including phenoxy) is 2. The van der Waals surface area contributed by atoms with Crippen molar-refractivity contribution >= 4 is 23.3 Å². The summed E-state index contributed by atoms with van der Waals surface area (Å²) >= 11 is 6.08. The monoisotopic (exact) mass is 405 g/mol. The van der Waals surface area contributed by atoms with E-state index in [1.165, 1.54) is 12.0 Å². The highest BCUT2D eigenvalue weighted by Gasteiger charge is 2.23. The van der Waals surface area contributed by atoms with Crippen LogP contribution >= 0.6 is 11.6 Å². The summed E-state index contributed by atoms with van der Waals surface area (Å²) in [5.41, 5.74) is 1.61. The first-order chi connectivity index (χ1) is 13.5. The molecule has 0 spiro atoms. The molecule has 2 N–H and O–H groups in total. The summed E-state index contributed by atoms with van der Waals surface area (Å²) in [6.45, 7) is 4.63. The van der Waals surface area contributed by atoms with E-state index in [1.807, 2.05) is 18.2 Å². The Hall–Kier alpha value is -2.28. The Kier molecular flexibility index (Phi) is 7.14. The van der Waals surface area contributed by atoms with E-state index < -0.39 is 6.10 Å². The minimum absolute atomic E-state index is 0.221. The van der Waals surface area contributed by atoms with E-state index >= 15 is 0 Å². The molecule has 0 saturated carbocycles. The maximum absolute atomic E-state index is 11.4. The molecule has 1 aliphatic heterocycles. The van der Waals surface area contributed by atoms with Gasteiger partial charge in [0, 0.05) is 10.7 Å². The van der Waals surface area contributed by atoms with Gasteiger partial charge in [-0.05, 0) is 42.5 Å². The second-order valence-corrected chi connectivity index (χ2v) is 7.34. The summed E-state index contributed by atoms with van der Waals surface area (Å²) < 4.78 is 10.3. The van der Waals surface area contributed by atoms with E-state index in [-0.39, 0.29) is 12.6 Å². The Morgan fingerprint density at radius 3 is 2.57 bits per heavy atom. The first-order valence-electron chi connectivity index (χ1n) is 9.38. The van der Waals surface area contributed by atoms with Gasteiger partial charge in [0.1, 0.15) is 25.0 Å². The Morgan fingerprint density at radius 2 is 1.93 bits per heavy atom. The lowest BCUT2D eigenvalue weighted by Gasteiger charge is -2.34. The minimum Gasteiger partial charge on any atom is -0.491 e. The number of hydrogen-bond acceptors (Lipinski definition) is 5. The quantitative estimate of drug-likeness (QED) is 0.679. The molecule has 6 nitrogen and oxygen atoms in total. The zero-order valence-electron chi connectivity index (χ0n) is 15.9. The van der Waals surface area contributed by atoms with Crippen LogP contribution in [0.15, 0.2) is 48.5 Å². The van der Waals surface area contributed by atoms with E-state index in [2.05, 4.69) is 15.7 Å². The van der Waals surface area contributed by atoms with Crippen molar-refractivity contribution in [2.75, 3.05) is 51.3 Å². The van der Waals surface area contributed by atoms with Gasteiger partial charge in [-0.25, -0.2) is 4.79 Å². The summed E-state index contributed by atoms with van der Waals surface area (Å²) in [5, 5.41) is 11.1. The van der Waals surface area contributed by atoms with Gasteiger partial charge in [0.05, 0.1) is 38.9 Å². The molecule has 0 radical (unpaired) electrons. The average molecular weight is 406 g/mol. The molecule has 2 aromatic carbocycles. The van der Waals surface area contributed by atoms with Gasteiger partial charge in [0.2, 0.25) is 0 Å². The van der Waals surface area contributed by atoms with Gasteiger partial charge in [0.25, 0.3) is 0 Å². The van der Waals surface area contributed by atoms with E-state index in [0.717, 1.165) is 36.9 Å². The third kappa shape index (κ3) is 5.61. The van der Waals surface area contributed by atoms with Gasteiger partial charge in [-0.3, -0.25) is 0 Å². The number of carbonyl (C=O) groups is 1. The van der Waals surface area contributed by atoms with Crippen LogP contribution in [-0.4, -0.2) is 63.6 Å². The lowest BCUT2D eigenvalue weighted by molar-refractivity contribution is -0.903. The summed E-state index contributed by atoms with van der Waals surface area (Å²) in [4.78, 5) is 15.1. The number of aliphatic hydroxyl groups excluding tert-OH is 1. The predicted molar refractivity (Wildman–Crippen MR) is 109 cm³/mol. The molecule has 1 aliphatic rings. The molecule has 1 saturated heterocycles. The Balaban J connectivity index is 1.41. The first kappa shape index (κ1) is 20.5. The zero-order chi connectivity index (χ0) is 19.9. The van der Waals surface area contributed by atoms with E-state index in [1.54, 1.807) is 24.3 Å². The van der Waals surface area contributed by atoms with Crippen LogP contribution in [-0.2, 0) is 4.74 Å². The molecule has 0 unspecified atom stereocenters. The summed E-state index contributed by atoms with van der Waals surface area (Å²) in [7, 11) is 1.35. The van der Waals surface area contributed by atoms with Crippen LogP contribution in [0.1, 0.15) is 10.4 Å². The molecule has 2 aromatic rings. The number of quaternary nitrogens is 1. The number of aliphatic hydroxyl groups is 1. The topological polar surface area (TPSA) is 63.4 Å². The van der Waals surface area contributed by atoms with Crippen molar-refractivity contribution in [1.82, 2.24) is 0 Å². The van der Waals surface area contributed by atoms with Crippen LogP contribution in [0.4, 0.5) is 5.69 Å². The normalized spacial score (nSPS) is 15.9. The van der Waals surface area contributed by atoms with Gasteiger partial charge in [-0.1, -0.05) is 17.7 Å². The molecule has 0 amide bonds. The maximum atomic E-state index is 11.4. The van der Waals surface area contributed by atoms with Crippen LogP contribution in [0.5, 0.6) is 5.75 Å². The molecule has 0 aromatic heterocycles. The highest BCUT2D eigenvalue weighted by molar-refractivity contribution is 6.30. The smallest absolute Gasteiger partial charge is 0.337 e. The van der Waals surface area contributed by atoms with E-state index in [0.29, 0.717) is 17.9 Å². The minimum atomic E-state index is -0.548. The van der Waals surface area contributed by atoms with Crippen LogP contribution < -0.4 is 14.5 Å². The number of carbonyl (C=O) groups excluding carboxylic acids is 1. The van der Waals surface area contributed by atoms with Crippen molar-refractivity contribution in [2.24, 2.45) is 0 Å². The second-order valence-electron chi connectivity index (χ2n) is 6.90. The largest absolute Gasteiger partial charge is 0.491 e. The number of hydrogen-bond donors (Lipinski definition) is 2. The number of piperazine rings is 1. The van der Waals surface area contributed by atoms with Crippen LogP contribution in [0.25, 0.3) is 0 Å². The SMILES string of the molecule is COC(=O)c1ccc(OC[C@@H](O)C[NH+]2CCN(c3cccc(Cl)c3)CC2)cc1. The third-order valence-electron chi connectivity index (χ3n) is 4.89. The van der Waals surface area contributed by atoms with Crippen molar-refractivity contribution in [3.63, 3.8) is 0 Å². The Labute approximate surface area is 170 Å². The van der Waals surface area contributed by atoms with Gasteiger partial charge in [0.15, 0.2) is 0 Å². The number of esters is 1. The van der Waals surface area contributed by atoms with Crippen molar-refractivity contribution in [3.8, 4) is 5.75 Å². The molecular formula is C21H26ClN2O4+. The van der Waals surface area contributed by atoms with Gasteiger partial charge < -0.3 is 24.4 Å². The van der Waals surface area contributed by atoms with Crippen LogP contribution in [0.3, 0.4) is 0 Å². The molecule has 1 atom stereocenters. The maximum Gasteiger partial charge on any atom is 0.337 e. The lowest BCUT2D eigenvalue weighted by Crippen LogP contribution is -3.16. The lowest BCUT2D eigenvalue weighted by atomic mass is 10.2. The number of nitrogens with one attached hydrogen (secondary N) is 1. The van der Waals surface area contributed by atoms with Gasteiger partial charge in [-0.15, -0.1) is 0 Å². The fourth-order valence-corrected chi connectivity index (χ4v) is 3.53. The van der Waals surface area contributed by atoms with Crippen molar-refractivity contribution in [1.29, 1.82) is 0 Å². The fraction of sp³-hybridized carbons (Fsp3) is 0.381. The van der Waals surface area contributed by atoms with Crippen LogP contribution in [0.2, 0.25) is 5.02 Å². The number of benzene rings is 2. The first-order valence-corrected chi connectivity index (χ1v) is 9.76. The fourth-order valence-electron chi connectivity index (χ4n) is 3.35. The highest BCUT2D eigenvalue weighted by atomic mass is 35.5. The van der Waals surface area contributed by atoms with E-state index in [9.17, 15) is 9.90 Å². The standard InChI is InChI=1S/C21H25ClN2O4/c1-27-21(26)16-5-7-20(8-6-16)28-15-19(25)14-23-9-11-24(12-10-23)18-4-2-3-17(22)13-18/h2-8,13,19,25H,9-12,14-15H2,1H3/p+1/t19-/m0/s1. The van der Waals surface area contributed by atoms with E-state index in [4.69, 9.17) is 16.3 Å². The number of nitrogens with zero attached hydrogens (tertiary/aromatic N) is 1. The predicted octanol–water partition coefficient (Wildman–Crippen LogP) is 1.27. The molecule has 0 aliphatic carbocycles. The summed E-state index contributed by atoms with van der Waals surface area (Å²) in [6.07, 6.45) is -0.548. The van der Waals surface area contributed by atoms with Crippen molar-refractivity contribution in [3.05, 3.63) is 59.1 Å². The molecule has 3 rings (SSSR count). The molecule has 150 valence electrons. The number of methoxy groups -OCH3 is 1. The number of rotatable bonds is 7. The number of anilines is 1. The number of halogens is 1. The highest BCUT2D eigenvalue weighted by Crippen LogP contribution is 2.19. The molecule has 28 heavy (non-hydrogen) atoms. The van der Waals surface area contributed by atoms with Crippen LogP contribution in [0, 0.1) is 0 Å². The van der Waals surface area contributed by atoms with Gasteiger partial charge >= 0.3 is 5.97 Å². The average Bonchev–Trinajstić information content (AvgIpc) is 2.72. The van der Waals surface area contributed by atoms with Crippen molar-refractivity contribution < 1.29 is 24.3 Å². The van der Waals surface area contributed by atoms with Crippen molar-refractivity contribution in [2.45, 2.75) is 6.10 Å². The molecule has 1 fully saturated rings. The Morgan fingerprint density at radius 1 is 1.21 bits per heavy atom. The third-order valence-corrected chi connectivity index (χ3v) is 5.12. The zero-order valence-corrected chi connectivity index (χ0v) is 16.7. The Bertz CT molecular complexity index is 776. The molecular weight excluding hydrogens is 380 g/mol. The molecule has 7 heteroatoms. The summed E-state index contributed by atoms with van der Waals surface area (Å²) in [6, 6.07) is 14.6. The summed E-state index contributed by atoms with van der Waals surface area (Å²) in [5.74, 6) is 0.236.